The predicted octanol–water partition coefficient (Wildman–Crippen LogP) is 4.00. The minimum atomic E-state index is -0.909. The van der Waals surface area contributed by atoms with Gasteiger partial charge in [0, 0.05) is 16.7 Å². The molecule has 7 heteroatoms. The summed E-state index contributed by atoms with van der Waals surface area (Å²) in [5.41, 5.74) is 2.17. The fourth-order valence-corrected chi connectivity index (χ4v) is 3.52. The number of aryl methyl sites for hydroxylation is 1. The van der Waals surface area contributed by atoms with Crippen LogP contribution >= 0.6 is 11.8 Å². The van der Waals surface area contributed by atoms with E-state index in [0.29, 0.717) is 10.5 Å². The molecule has 0 radical (unpaired) electrons. The first-order chi connectivity index (χ1) is 12.5. The molecule has 2 rings (SSSR count). The maximum atomic E-state index is 12.8. The molecule has 2 aromatic rings. The number of rotatable bonds is 6. The van der Waals surface area contributed by atoms with Crippen molar-refractivity contribution in [2.45, 2.75) is 63.3 Å². The van der Waals surface area contributed by atoms with Crippen molar-refractivity contribution in [2.24, 2.45) is 0 Å². The molecule has 0 bridgehead atoms. The van der Waals surface area contributed by atoms with Crippen molar-refractivity contribution >= 4 is 23.6 Å². The van der Waals surface area contributed by atoms with Gasteiger partial charge in [0.05, 0.1) is 22.8 Å². The Morgan fingerprint density at radius 2 is 1.85 bits per heavy atom. The summed E-state index contributed by atoms with van der Waals surface area (Å²) >= 11 is 1.16. The van der Waals surface area contributed by atoms with E-state index in [2.05, 4.69) is 31.2 Å². The van der Waals surface area contributed by atoms with Crippen LogP contribution in [-0.2, 0) is 10.3 Å². The van der Waals surface area contributed by atoms with E-state index in [1.165, 1.54) is 0 Å². The molecule has 0 aliphatic heterocycles. The average Bonchev–Trinajstić information content (AvgIpc) is 2.97. The van der Waals surface area contributed by atoms with Crippen molar-refractivity contribution in [2.75, 3.05) is 0 Å². The first-order valence-corrected chi connectivity index (χ1v) is 9.74. The van der Waals surface area contributed by atoms with Crippen molar-refractivity contribution in [3.8, 4) is 0 Å². The minimum Gasteiger partial charge on any atom is -0.480 e. The molecular weight excluding hydrogens is 362 g/mol. The molecule has 146 valence electrons. The molecule has 1 aromatic heterocycles. The van der Waals surface area contributed by atoms with E-state index in [1.807, 2.05) is 24.7 Å². The lowest BCUT2D eigenvalue weighted by atomic mass is 10.1. The van der Waals surface area contributed by atoms with Gasteiger partial charge in [-0.15, -0.1) is 11.8 Å². The van der Waals surface area contributed by atoms with Gasteiger partial charge in [-0.05, 0) is 53.7 Å². The highest BCUT2D eigenvalue weighted by Crippen LogP contribution is 2.28. The van der Waals surface area contributed by atoms with Crippen LogP contribution < -0.4 is 5.32 Å². The van der Waals surface area contributed by atoms with Crippen LogP contribution in [0.25, 0.3) is 0 Å². The highest BCUT2D eigenvalue weighted by Gasteiger charge is 2.22. The van der Waals surface area contributed by atoms with Crippen LogP contribution in [-0.4, -0.2) is 32.0 Å². The summed E-state index contributed by atoms with van der Waals surface area (Å²) in [4.78, 5) is 24.6. The minimum absolute atomic E-state index is 0.136. The zero-order chi connectivity index (χ0) is 20.4. The maximum absolute atomic E-state index is 12.8. The summed E-state index contributed by atoms with van der Waals surface area (Å²) < 4.78 is 1.90. The molecule has 1 amide bonds. The number of carbonyl (C=O) groups is 2. The van der Waals surface area contributed by atoms with Gasteiger partial charge in [0.1, 0.15) is 5.25 Å². The van der Waals surface area contributed by atoms with E-state index >= 15 is 0 Å². The Labute approximate surface area is 164 Å². The number of aromatic nitrogens is 2. The van der Waals surface area contributed by atoms with Gasteiger partial charge in [-0.3, -0.25) is 14.3 Å². The quantitative estimate of drug-likeness (QED) is 0.730. The van der Waals surface area contributed by atoms with Gasteiger partial charge >= 0.3 is 5.97 Å². The number of carboxylic acid groups (broad SMARTS) is 1. The van der Waals surface area contributed by atoms with E-state index in [9.17, 15) is 9.59 Å². The highest BCUT2D eigenvalue weighted by molar-refractivity contribution is 8.00. The second kappa shape index (κ2) is 8.17. The van der Waals surface area contributed by atoms with Crippen LogP contribution in [0.1, 0.15) is 62.3 Å². The fraction of sp³-hybridized carbons (Fsp3) is 0.450. The number of nitrogens with zero attached hydrogens (tertiary/aromatic N) is 2. The van der Waals surface area contributed by atoms with Gasteiger partial charge in [0.2, 0.25) is 0 Å². The van der Waals surface area contributed by atoms with Crippen LogP contribution in [0.3, 0.4) is 0 Å². The van der Waals surface area contributed by atoms with Crippen LogP contribution in [0.2, 0.25) is 0 Å². The third-order valence-electron chi connectivity index (χ3n) is 4.22. The third kappa shape index (κ3) is 5.13. The van der Waals surface area contributed by atoms with Gasteiger partial charge in [0.25, 0.3) is 5.91 Å². The number of carbonyl (C=O) groups excluding carboxylic acids is 1. The molecule has 0 spiro atoms. The zero-order valence-electron chi connectivity index (χ0n) is 16.6. The van der Waals surface area contributed by atoms with Gasteiger partial charge < -0.3 is 10.4 Å². The Morgan fingerprint density at radius 3 is 2.41 bits per heavy atom. The first-order valence-electron chi connectivity index (χ1n) is 8.86. The standard InChI is InChI=1S/C20H27N3O3S/c1-12(16-11-23(20(4,5)6)22-13(16)2)21-18(24)15-9-7-8-10-17(15)27-14(3)19(25)26/h7-12,14H,1-6H3,(H,21,24)(H,25,26). The Bertz CT molecular complexity index is 839. The summed E-state index contributed by atoms with van der Waals surface area (Å²) in [6.45, 7) is 11.7. The molecule has 1 heterocycles. The second-order valence-corrected chi connectivity index (χ2v) is 8.96. The molecule has 27 heavy (non-hydrogen) atoms. The van der Waals surface area contributed by atoms with Crippen molar-refractivity contribution in [1.82, 2.24) is 15.1 Å². The van der Waals surface area contributed by atoms with Crippen molar-refractivity contribution < 1.29 is 14.7 Å². The van der Waals surface area contributed by atoms with Crippen molar-refractivity contribution in [1.29, 1.82) is 0 Å². The molecule has 0 aliphatic carbocycles. The molecule has 0 fully saturated rings. The molecule has 0 saturated carbocycles. The number of hydrogen-bond donors (Lipinski definition) is 2. The summed E-state index contributed by atoms with van der Waals surface area (Å²) in [5, 5.41) is 16.1. The third-order valence-corrected chi connectivity index (χ3v) is 5.39. The topological polar surface area (TPSA) is 84.2 Å². The smallest absolute Gasteiger partial charge is 0.316 e. The molecule has 0 aliphatic rings. The fourth-order valence-electron chi connectivity index (χ4n) is 2.59. The zero-order valence-corrected chi connectivity index (χ0v) is 17.4. The lowest BCUT2D eigenvalue weighted by molar-refractivity contribution is -0.136. The Hall–Kier alpha value is -2.28. The maximum Gasteiger partial charge on any atom is 0.316 e. The van der Waals surface area contributed by atoms with Crippen LogP contribution in [0, 0.1) is 6.92 Å². The van der Waals surface area contributed by atoms with Crippen molar-refractivity contribution in [3.63, 3.8) is 0 Å². The number of aliphatic carboxylic acids is 1. The van der Waals surface area contributed by atoms with Crippen LogP contribution in [0.4, 0.5) is 0 Å². The monoisotopic (exact) mass is 389 g/mol. The highest BCUT2D eigenvalue weighted by atomic mass is 32.2. The number of nitrogens with one attached hydrogen (secondary N) is 1. The lowest BCUT2D eigenvalue weighted by Crippen LogP contribution is -2.27. The Morgan fingerprint density at radius 1 is 1.22 bits per heavy atom. The lowest BCUT2D eigenvalue weighted by Gasteiger charge is -2.19. The molecule has 0 saturated heterocycles. The molecule has 2 atom stereocenters. The normalized spacial score (nSPS) is 13.9. The molecule has 2 N–H and O–H groups in total. The second-order valence-electron chi connectivity index (χ2n) is 7.57. The largest absolute Gasteiger partial charge is 0.480 e. The Balaban J connectivity index is 2.21. The molecular formula is C20H27N3O3S. The number of hydrogen-bond acceptors (Lipinski definition) is 4. The number of benzene rings is 1. The summed E-state index contributed by atoms with van der Waals surface area (Å²) in [5.74, 6) is -1.14. The van der Waals surface area contributed by atoms with E-state index in [1.54, 1.807) is 31.2 Å². The SMILES string of the molecule is Cc1nn(C(C)(C)C)cc1C(C)NC(=O)c1ccccc1SC(C)C(=O)O. The Kier molecular flexibility index (Phi) is 6.36. The van der Waals surface area contributed by atoms with E-state index < -0.39 is 11.2 Å². The number of thioether (sulfide) groups is 1. The van der Waals surface area contributed by atoms with E-state index in [-0.39, 0.29) is 17.5 Å². The van der Waals surface area contributed by atoms with Crippen LogP contribution in [0.15, 0.2) is 35.4 Å². The first kappa shape index (κ1) is 21.0. The summed E-state index contributed by atoms with van der Waals surface area (Å²) in [6, 6.07) is 6.84. The van der Waals surface area contributed by atoms with Crippen LogP contribution in [0.5, 0.6) is 0 Å². The van der Waals surface area contributed by atoms with Gasteiger partial charge in [-0.25, -0.2) is 0 Å². The predicted molar refractivity (Wildman–Crippen MR) is 107 cm³/mol. The molecule has 2 unspecified atom stereocenters. The molecule has 6 nitrogen and oxygen atoms in total. The summed E-state index contributed by atoms with van der Waals surface area (Å²) in [7, 11) is 0. The van der Waals surface area contributed by atoms with Crippen molar-refractivity contribution in [3.05, 3.63) is 47.3 Å². The average molecular weight is 390 g/mol. The van der Waals surface area contributed by atoms with E-state index in [4.69, 9.17) is 5.11 Å². The number of carboxylic acids is 1. The molecule has 1 aromatic carbocycles. The van der Waals surface area contributed by atoms with Gasteiger partial charge in [-0.1, -0.05) is 12.1 Å². The van der Waals surface area contributed by atoms with Gasteiger partial charge in [0.15, 0.2) is 0 Å². The summed E-state index contributed by atoms with van der Waals surface area (Å²) in [6.07, 6.45) is 1.97. The van der Waals surface area contributed by atoms with Gasteiger partial charge in [-0.2, -0.15) is 5.10 Å². The number of amides is 1. The van der Waals surface area contributed by atoms with E-state index in [0.717, 1.165) is 23.0 Å².